The number of carbonyl (C=O) groups excluding carboxylic acids is 1. The minimum Gasteiger partial charge on any atom is -0.293 e. The number of amides is 1. The number of rotatable bonds is 5. The molecule has 1 saturated heterocycles. The lowest BCUT2D eigenvalue weighted by molar-refractivity contribution is -0.122. The van der Waals surface area contributed by atoms with E-state index >= 15 is 0 Å². The summed E-state index contributed by atoms with van der Waals surface area (Å²) in [5.41, 5.74) is 3.10. The third kappa shape index (κ3) is 3.60. The van der Waals surface area contributed by atoms with Gasteiger partial charge in [-0.15, -0.1) is 0 Å². The van der Waals surface area contributed by atoms with Crippen molar-refractivity contribution in [2.45, 2.75) is 26.8 Å². The molecule has 0 bridgehead atoms. The molecule has 0 radical (unpaired) electrons. The molecule has 2 aromatic rings. The SMILES string of the molecule is CCn1cc(C=C2SC(=S)N(CCc3ccccc3)C2=O)c(C)n1. The molecule has 0 aliphatic carbocycles. The second kappa shape index (κ2) is 7.32. The third-order valence-electron chi connectivity index (χ3n) is 3.94. The van der Waals surface area contributed by atoms with E-state index in [2.05, 4.69) is 17.2 Å². The van der Waals surface area contributed by atoms with E-state index in [1.807, 2.05) is 49.0 Å². The van der Waals surface area contributed by atoms with E-state index < -0.39 is 0 Å². The normalized spacial score (nSPS) is 16.4. The highest BCUT2D eigenvalue weighted by atomic mass is 32.2. The van der Waals surface area contributed by atoms with Gasteiger partial charge in [0.25, 0.3) is 5.91 Å². The number of thioether (sulfide) groups is 1. The predicted octanol–water partition coefficient (Wildman–Crippen LogP) is 3.66. The summed E-state index contributed by atoms with van der Waals surface area (Å²) in [7, 11) is 0. The Morgan fingerprint density at radius 3 is 2.71 bits per heavy atom. The second-order valence-corrected chi connectivity index (χ2v) is 7.27. The first kappa shape index (κ1) is 16.9. The van der Waals surface area contributed by atoms with Gasteiger partial charge in [0, 0.05) is 24.8 Å². The lowest BCUT2D eigenvalue weighted by Gasteiger charge is -2.14. The van der Waals surface area contributed by atoms with Gasteiger partial charge in [0.1, 0.15) is 4.32 Å². The van der Waals surface area contributed by atoms with E-state index in [1.165, 1.54) is 17.3 Å². The van der Waals surface area contributed by atoms with Crippen molar-refractivity contribution >= 4 is 40.3 Å². The molecule has 0 spiro atoms. The number of thiocarbonyl (C=S) groups is 1. The fraction of sp³-hybridized carbons (Fsp3) is 0.278. The Kier molecular flexibility index (Phi) is 5.16. The predicted molar refractivity (Wildman–Crippen MR) is 103 cm³/mol. The molecule has 1 amide bonds. The number of aromatic nitrogens is 2. The summed E-state index contributed by atoms with van der Waals surface area (Å²) in [5, 5.41) is 4.42. The first-order valence-corrected chi connectivity index (χ1v) is 9.14. The van der Waals surface area contributed by atoms with Gasteiger partial charge in [-0.05, 0) is 31.9 Å². The van der Waals surface area contributed by atoms with Crippen LogP contribution in [0.1, 0.15) is 23.7 Å². The number of benzene rings is 1. The van der Waals surface area contributed by atoms with Crippen molar-refractivity contribution in [1.29, 1.82) is 0 Å². The molecule has 0 atom stereocenters. The summed E-state index contributed by atoms with van der Waals surface area (Å²) in [6.07, 6.45) is 4.66. The van der Waals surface area contributed by atoms with Crippen LogP contribution in [-0.4, -0.2) is 31.5 Å². The van der Waals surface area contributed by atoms with Crippen LogP contribution < -0.4 is 0 Å². The van der Waals surface area contributed by atoms with E-state index in [9.17, 15) is 4.79 Å². The van der Waals surface area contributed by atoms with Crippen LogP contribution in [0.2, 0.25) is 0 Å². The monoisotopic (exact) mass is 357 g/mol. The van der Waals surface area contributed by atoms with Crippen molar-refractivity contribution in [3.8, 4) is 0 Å². The van der Waals surface area contributed by atoms with Crippen LogP contribution >= 0.6 is 24.0 Å². The van der Waals surface area contributed by atoms with Gasteiger partial charge >= 0.3 is 0 Å². The molecule has 1 fully saturated rings. The van der Waals surface area contributed by atoms with Crippen LogP contribution in [-0.2, 0) is 17.8 Å². The van der Waals surface area contributed by atoms with Crippen molar-refractivity contribution in [3.63, 3.8) is 0 Å². The zero-order chi connectivity index (χ0) is 17.1. The summed E-state index contributed by atoms with van der Waals surface area (Å²) in [6, 6.07) is 10.1. The van der Waals surface area contributed by atoms with Gasteiger partial charge in [-0.2, -0.15) is 5.10 Å². The summed E-state index contributed by atoms with van der Waals surface area (Å²) >= 11 is 6.76. The largest absolute Gasteiger partial charge is 0.293 e. The molecule has 1 aromatic heterocycles. The molecule has 3 rings (SSSR count). The van der Waals surface area contributed by atoms with Crippen molar-refractivity contribution in [2.24, 2.45) is 0 Å². The maximum atomic E-state index is 12.7. The molecule has 1 aliphatic rings. The molecule has 0 unspecified atom stereocenters. The minimum atomic E-state index is -0.00965. The highest BCUT2D eigenvalue weighted by Crippen LogP contribution is 2.33. The maximum Gasteiger partial charge on any atom is 0.266 e. The van der Waals surface area contributed by atoms with Gasteiger partial charge in [0.2, 0.25) is 0 Å². The lowest BCUT2D eigenvalue weighted by Crippen LogP contribution is -2.30. The molecule has 0 saturated carbocycles. The van der Waals surface area contributed by atoms with Gasteiger partial charge < -0.3 is 0 Å². The highest BCUT2D eigenvalue weighted by Gasteiger charge is 2.31. The Morgan fingerprint density at radius 1 is 1.29 bits per heavy atom. The fourth-order valence-electron chi connectivity index (χ4n) is 2.56. The molecule has 124 valence electrons. The Morgan fingerprint density at radius 2 is 2.04 bits per heavy atom. The standard InChI is InChI=1S/C18H19N3OS2/c1-3-20-12-15(13(2)19-20)11-16-17(22)21(18(23)24-16)10-9-14-7-5-4-6-8-14/h4-8,11-12H,3,9-10H2,1-2H3. The number of aryl methyl sites for hydroxylation is 2. The maximum absolute atomic E-state index is 12.7. The van der Waals surface area contributed by atoms with Crippen molar-refractivity contribution < 1.29 is 4.79 Å². The van der Waals surface area contributed by atoms with E-state index in [4.69, 9.17) is 12.2 Å². The third-order valence-corrected chi connectivity index (χ3v) is 5.31. The van der Waals surface area contributed by atoms with Crippen LogP contribution in [0.25, 0.3) is 6.08 Å². The summed E-state index contributed by atoms with van der Waals surface area (Å²) in [6.45, 7) is 5.42. The summed E-state index contributed by atoms with van der Waals surface area (Å²) in [4.78, 5) is 15.0. The quantitative estimate of drug-likeness (QED) is 0.605. The van der Waals surface area contributed by atoms with Crippen molar-refractivity contribution in [3.05, 3.63) is 58.3 Å². The number of hydrogen-bond donors (Lipinski definition) is 0. The summed E-state index contributed by atoms with van der Waals surface area (Å²) in [5.74, 6) is -0.00965. The zero-order valence-corrected chi connectivity index (χ0v) is 15.4. The highest BCUT2D eigenvalue weighted by molar-refractivity contribution is 8.26. The molecule has 0 N–H and O–H groups in total. The number of carbonyl (C=O) groups is 1. The lowest BCUT2D eigenvalue weighted by atomic mass is 10.1. The van der Waals surface area contributed by atoms with Gasteiger partial charge in [0.05, 0.1) is 10.6 Å². The van der Waals surface area contributed by atoms with Crippen LogP contribution in [0.4, 0.5) is 0 Å². The van der Waals surface area contributed by atoms with E-state index in [1.54, 1.807) is 4.90 Å². The first-order chi connectivity index (χ1) is 11.6. The van der Waals surface area contributed by atoms with Gasteiger partial charge in [-0.1, -0.05) is 54.3 Å². The zero-order valence-electron chi connectivity index (χ0n) is 13.7. The number of nitrogens with zero attached hydrogens (tertiary/aromatic N) is 3. The molecule has 1 aromatic carbocycles. The molecule has 6 heteroatoms. The Bertz CT molecular complexity index is 796. The van der Waals surface area contributed by atoms with Gasteiger partial charge in [0.15, 0.2) is 0 Å². The molecular formula is C18H19N3OS2. The topological polar surface area (TPSA) is 38.1 Å². The molecular weight excluding hydrogens is 338 g/mol. The second-order valence-electron chi connectivity index (χ2n) is 5.59. The van der Waals surface area contributed by atoms with Gasteiger partial charge in [-0.3, -0.25) is 14.4 Å². The van der Waals surface area contributed by atoms with Crippen LogP contribution in [0.15, 0.2) is 41.4 Å². The average Bonchev–Trinajstić information content (AvgIpc) is 3.07. The molecule has 2 heterocycles. The molecule has 1 aliphatic heterocycles. The van der Waals surface area contributed by atoms with E-state index in [-0.39, 0.29) is 5.91 Å². The van der Waals surface area contributed by atoms with E-state index in [0.29, 0.717) is 15.8 Å². The van der Waals surface area contributed by atoms with E-state index in [0.717, 1.165) is 24.2 Å². The minimum absolute atomic E-state index is 0.00965. The summed E-state index contributed by atoms with van der Waals surface area (Å²) < 4.78 is 2.50. The van der Waals surface area contributed by atoms with Gasteiger partial charge in [-0.25, -0.2) is 0 Å². The first-order valence-electron chi connectivity index (χ1n) is 7.92. The Balaban J connectivity index is 1.73. The Labute approximate surface area is 151 Å². The van der Waals surface area contributed by atoms with Crippen LogP contribution in [0.5, 0.6) is 0 Å². The van der Waals surface area contributed by atoms with Crippen molar-refractivity contribution in [1.82, 2.24) is 14.7 Å². The average molecular weight is 358 g/mol. The number of hydrogen-bond acceptors (Lipinski definition) is 4. The Hall–Kier alpha value is -1.92. The van der Waals surface area contributed by atoms with Crippen LogP contribution in [0, 0.1) is 6.92 Å². The molecule has 4 nitrogen and oxygen atoms in total. The fourth-order valence-corrected chi connectivity index (χ4v) is 3.86. The van der Waals surface area contributed by atoms with Crippen molar-refractivity contribution in [2.75, 3.05) is 6.54 Å². The smallest absolute Gasteiger partial charge is 0.266 e. The van der Waals surface area contributed by atoms with Crippen LogP contribution in [0.3, 0.4) is 0 Å². The molecule has 24 heavy (non-hydrogen) atoms.